The van der Waals surface area contributed by atoms with Gasteiger partial charge in [0.2, 0.25) is 0 Å². The first kappa shape index (κ1) is 16.7. The van der Waals surface area contributed by atoms with Crippen LogP contribution < -0.4 is 0 Å². The number of aromatic nitrogens is 4. The normalized spacial score (nSPS) is 19.5. The summed E-state index contributed by atoms with van der Waals surface area (Å²) in [6, 6.07) is 6.73. The minimum atomic E-state index is -4.38. The summed E-state index contributed by atoms with van der Waals surface area (Å²) in [5.74, 6) is 0.297. The molecule has 10 heteroatoms. The van der Waals surface area contributed by atoms with E-state index in [9.17, 15) is 18.3 Å². The van der Waals surface area contributed by atoms with Crippen molar-refractivity contribution in [1.82, 2.24) is 25.1 Å². The highest BCUT2D eigenvalue weighted by Gasteiger charge is 2.31. The maximum absolute atomic E-state index is 12.5. The third-order valence-corrected chi connectivity index (χ3v) is 3.69. The molecule has 1 aliphatic rings. The molecular weight excluding hydrogens is 327 g/mol. The van der Waals surface area contributed by atoms with E-state index in [0.29, 0.717) is 19.7 Å². The van der Waals surface area contributed by atoms with Crippen LogP contribution in [0.3, 0.4) is 0 Å². The Morgan fingerprint density at radius 2 is 2.17 bits per heavy atom. The number of benzene rings is 1. The van der Waals surface area contributed by atoms with Gasteiger partial charge < -0.3 is 9.84 Å². The van der Waals surface area contributed by atoms with E-state index in [1.165, 1.54) is 0 Å². The smallest absolute Gasteiger partial charge is 0.408 e. The SMILES string of the molecule is Oc1cccc([C@H]2CN(Cc3nnnn3CC(F)(F)F)CCO2)c1. The van der Waals surface area contributed by atoms with Crippen molar-refractivity contribution in [2.45, 2.75) is 25.4 Å². The van der Waals surface area contributed by atoms with Gasteiger partial charge in [0, 0.05) is 13.1 Å². The molecule has 1 fully saturated rings. The third kappa shape index (κ3) is 4.20. The second kappa shape index (κ2) is 6.73. The lowest BCUT2D eigenvalue weighted by Gasteiger charge is -2.32. The van der Waals surface area contributed by atoms with Gasteiger partial charge >= 0.3 is 6.18 Å². The first-order valence-electron chi connectivity index (χ1n) is 7.35. The van der Waals surface area contributed by atoms with Crippen LogP contribution in [0.4, 0.5) is 13.2 Å². The molecule has 1 atom stereocenters. The summed E-state index contributed by atoms with van der Waals surface area (Å²) in [6.07, 6.45) is -4.64. The summed E-state index contributed by atoms with van der Waals surface area (Å²) >= 11 is 0. The number of phenols is 1. The van der Waals surface area contributed by atoms with Crippen molar-refractivity contribution in [3.63, 3.8) is 0 Å². The first-order valence-corrected chi connectivity index (χ1v) is 7.35. The molecule has 130 valence electrons. The molecule has 1 N–H and O–H groups in total. The first-order chi connectivity index (χ1) is 11.4. The number of aromatic hydroxyl groups is 1. The molecule has 3 rings (SSSR count). The molecule has 0 amide bonds. The minimum Gasteiger partial charge on any atom is -0.508 e. The van der Waals surface area contributed by atoms with E-state index < -0.39 is 12.7 Å². The van der Waals surface area contributed by atoms with Crippen molar-refractivity contribution in [2.24, 2.45) is 0 Å². The third-order valence-electron chi connectivity index (χ3n) is 3.69. The Kier molecular flexibility index (Phi) is 4.67. The number of alkyl halides is 3. The van der Waals surface area contributed by atoms with Gasteiger partial charge in [-0.3, -0.25) is 4.90 Å². The number of halogens is 3. The zero-order valence-electron chi connectivity index (χ0n) is 12.6. The number of ether oxygens (including phenoxy) is 1. The fourth-order valence-electron chi connectivity index (χ4n) is 2.60. The fraction of sp³-hybridized carbons (Fsp3) is 0.500. The molecule has 7 nitrogen and oxygen atoms in total. The van der Waals surface area contributed by atoms with Gasteiger partial charge in [0.1, 0.15) is 12.3 Å². The molecular formula is C14H16F3N5O2. The van der Waals surface area contributed by atoms with E-state index in [1.807, 2.05) is 11.0 Å². The number of nitrogens with zero attached hydrogens (tertiary/aromatic N) is 5. The van der Waals surface area contributed by atoms with Gasteiger partial charge in [0.25, 0.3) is 0 Å². The maximum atomic E-state index is 12.5. The van der Waals surface area contributed by atoms with Crippen molar-refractivity contribution in [3.8, 4) is 5.75 Å². The van der Waals surface area contributed by atoms with Crippen LogP contribution in [-0.4, -0.2) is 56.1 Å². The molecule has 0 radical (unpaired) electrons. The molecule has 0 aliphatic carbocycles. The van der Waals surface area contributed by atoms with Crippen LogP contribution in [0, 0.1) is 0 Å². The summed E-state index contributed by atoms with van der Waals surface area (Å²) in [7, 11) is 0. The van der Waals surface area contributed by atoms with Crippen LogP contribution in [0.25, 0.3) is 0 Å². The van der Waals surface area contributed by atoms with Crippen LogP contribution in [-0.2, 0) is 17.8 Å². The summed E-state index contributed by atoms with van der Waals surface area (Å²) < 4.78 is 44.0. The van der Waals surface area contributed by atoms with E-state index in [2.05, 4.69) is 15.5 Å². The standard InChI is InChI=1S/C14H16F3N5O2/c15-14(16,17)9-22-13(18-19-20-22)8-21-4-5-24-12(7-21)10-2-1-3-11(23)6-10/h1-3,6,12,23H,4-5,7-9H2/t12-/m1/s1. The van der Waals surface area contributed by atoms with Crippen LogP contribution in [0.2, 0.25) is 0 Å². The van der Waals surface area contributed by atoms with Gasteiger partial charge in [-0.2, -0.15) is 13.2 Å². The van der Waals surface area contributed by atoms with Crippen molar-refractivity contribution >= 4 is 0 Å². The average molecular weight is 343 g/mol. The highest BCUT2D eigenvalue weighted by Crippen LogP contribution is 2.25. The highest BCUT2D eigenvalue weighted by molar-refractivity contribution is 5.29. The number of phenolic OH excluding ortho intramolecular Hbond substituents is 1. The molecule has 1 aliphatic heterocycles. The van der Waals surface area contributed by atoms with Crippen LogP contribution in [0.15, 0.2) is 24.3 Å². The zero-order valence-corrected chi connectivity index (χ0v) is 12.6. The summed E-state index contributed by atoms with van der Waals surface area (Å²) in [5.41, 5.74) is 0.814. The number of rotatable bonds is 4. The van der Waals surface area contributed by atoms with Crippen molar-refractivity contribution in [2.75, 3.05) is 19.7 Å². The van der Waals surface area contributed by atoms with E-state index in [4.69, 9.17) is 4.74 Å². The molecule has 1 aromatic carbocycles. The molecule has 0 saturated carbocycles. The second-order valence-corrected chi connectivity index (χ2v) is 5.56. The molecule has 24 heavy (non-hydrogen) atoms. The molecule has 0 bridgehead atoms. The van der Waals surface area contributed by atoms with Gasteiger partial charge in [0.05, 0.1) is 19.3 Å². The fourth-order valence-corrected chi connectivity index (χ4v) is 2.60. The summed E-state index contributed by atoms with van der Waals surface area (Å²) in [5, 5.41) is 20.0. The topological polar surface area (TPSA) is 76.3 Å². The molecule has 1 saturated heterocycles. The quantitative estimate of drug-likeness (QED) is 0.907. The van der Waals surface area contributed by atoms with E-state index in [1.54, 1.807) is 18.2 Å². The average Bonchev–Trinajstić information content (AvgIpc) is 2.92. The lowest BCUT2D eigenvalue weighted by atomic mass is 10.1. The number of hydrogen-bond acceptors (Lipinski definition) is 6. The zero-order chi connectivity index (χ0) is 17.2. The van der Waals surface area contributed by atoms with E-state index in [0.717, 1.165) is 10.2 Å². The Balaban J connectivity index is 1.67. The number of morpholine rings is 1. The van der Waals surface area contributed by atoms with Crippen LogP contribution >= 0.6 is 0 Å². The molecule has 2 aromatic rings. The number of hydrogen-bond donors (Lipinski definition) is 1. The monoisotopic (exact) mass is 343 g/mol. The Hall–Kier alpha value is -2.20. The Morgan fingerprint density at radius 1 is 1.33 bits per heavy atom. The van der Waals surface area contributed by atoms with Gasteiger partial charge in [-0.05, 0) is 28.1 Å². The highest BCUT2D eigenvalue weighted by atomic mass is 19.4. The van der Waals surface area contributed by atoms with Gasteiger partial charge in [-0.15, -0.1) is 5.10 Å². The van der Waals surface area contributed by atoms with Crippen molar-refractivity contribution in [1.29, 1.82) is 0 Å². The second-order valence-electron chi connectivity index (χ2n) is 5.56. The molecule has 1 aromatic heterocycles. The van der Waals surface area contributed by atoms with Gasteiger partial charge in [0.15, 0.2) is 5.82 Å². The van der Waals surface area contributed by atoms with Crippen molar-refractivity contribution < 1.29 is 23.0 Å². The minimum absolute atomic E-state index is 0.141. The predicted molar refractivity (Wildman–Crippen MR) is 75.9 cm³/mol. The van der Waals surface area contributed by atoms with Crippen LogP contribution in [0.5, 0.6) is 5.75 Å². The lowest BCUT2D eigenvalue weighted by Crippen LogP contribution is -2.38. The summed E-state index contributed by atoms with van der Waals surface area (Å²) in [4.78, 5) is 1.93. The van der Waals surface area contributed by atoms with Crippen molar-refractivity contribution in [3.05, 3.63) is 35.7 Å². The van der Waals surface area contributed by atoms with E-state index >= 15 is 0 Å². The largest absolute Gasteiger partial charge is 0.508 e. The molecule has 0 spiro atoms. The maximum Gasteiger partial charge on any atom is 0.408 e. The Morgan fingerprint density at radius 3 is 2.92 bits per heavy atom. The Labute approximate surface area is 135 Å². The van der Waals surface area contributed by atoms with Gasteiger partial charge in [-0.1, -0.05) is 12.1 Å². The van der Waals surface area contributed by atoms with Crippen LogP contribution in [0.1, 0.15) is 17.5 Å². The van der Waals surface area contributed by atoms with E-state index in [-0.39, 0.29) is 24.2 Å². The Bertz CT molecular complexity index is 691. The number of tetrazole rings is 1. The van der Waals surface area contributed by atoms with Gasteiger partial charge in [-0.25, -0.2) is 4.68 Å². The summed E-state index contributed by atoms with van der Waals surface area (Å²) in [6.45, 7) is 0.453. The predicted octanol–water partition coefficient (Wildman–Crippen LogP) is 1.51. The molecule has 0 unspecified atom stereocenters. The molecule has 2 heterocycles. The lowest BCUT2D eigenvalue weighted by molar-refractivity contribution is -0.143.